The van der Waals surface area contributed by atoms with Crippen molar-refractivity contribution in [1.29, 1.82) is 0 Å². The van der Waals surface area contributed by atoms with E-state index in [1.54, 1.807) is 13.3 Å². The van der Waals surface area contributed by atoms with Gasteiger partial charge >= 0.3 is 0 Å². The van der Waals surface area contributed by atoms with E-state index in [0.717, 1.165) is 32.8 Å². The first-order chi connectivity index (χ1) is 13.1. The molecule has 1 N–H and O–H groups in total. The number of benzene rings is 2. The molecule has 0 saturated heterocycles. The summed E-state index contributed by atoms with van der Waals surface area (Å²) in [6, 6.07) is 13.5. The van der Waals surface area contributed by atoms with Crippen molar-refractivity contribution in [3.63, 3.8) is 0 Å². The molecule has 0 aliphatic rings. The van der Waals surface area contributed by atoms with E-state index in [0.29, 0.717) is 5.75 Å². The molecule has 2 aromatic carbocycles. The van der Waals surface area contributed by atoms with Crippen LogP contribution in [0, 0.1) is 0 Å². The lowest BCUT2D eigenvalue weighted by Crippen LogP contribution is -2.20. The maximum atomic E-state index is 12.1. The van der Waals surface area contributed by atoms with Crippen molar-refractivity contribution in [3.05, 3.63) is 52.5 Å². The van der Waals surface area contributed by atoms with Gasteiger partial charge in [-0.2, -0.15) is 5.10 Å². The molecule has 0 bridgehead atoms. The number of rotatable bonds is 7. The number of nitrogens with one attached hydrogen (secondary N) is 1. The number of fused-ring (bicyclic) bond motifs is 1. The number of ether oxygens (including phenoxy) is 1. The van der Waals surface area contributed by atoms with Crippen LogP contribution in [0.4, 0.5) is 0 Å². The highest BCUT2D eigenvalue weighted by Crippen LogP contribution is 2.24. The summed E-state index contributed by atoms with van der Waals surface area (Å²) >= 11 is 4.80. The molecule has 0 aliphatic carbocycles. The lowest BCUT2D eigenvalue weighted by atomic mass is 10.2. The SMILES string of the molecule is CCn1c(SCC(=O)N/N=C\c2cc(Br)ccc2OC)nc2ccccc21. The maximum Gasteiger partial charge on any atom is 0.250 e. The number of aryl methyl sites for hydroxylation is 1. The van der Waals surface area contributed by atoms with Crippen LogP contribution in [0.25, 0.3) is 11.0 Å². The third-order valence-electron chi connectivity index (χ3n) is 3.85. The molecule has 0 spiro atoms. The molecule has 0 saturated carbocycles. The van der Waals surface area contributed by atoms with Gasteiger partial charge in [-0.25, -0.2) is 10.4 Å². The first-order valence-electron chi connectivity index (χ1n) is 8.36. The Kier molecular flexibility index (Phi) is 6.52. The maximum absolute atomic E-state index is 12.1. The van der Waals surface area contributed by atoms with Crippen LogP contribution in [-0.2, 0) is 11.3 Å². The highest BCUT2D eigenvalue weighted by Gasteiger charge is 2.11. The first kappa shape index (κ1) is 19.4. The highest BCUT2D eigenvalue weighted by atomic mass is 79.9. The van der Waals surface area contributed by atoms with E-state index >= 15 is 0 Å². The van der Waals surface area contributed by atoms with Gasteiger partial charge in [0.15, 0.2) is 5.16 Å². The second-order valence-corrected chi connectivity index (χ2v) is 7.45. The van der Waals surface area contributed by atoms with E-state index in [2.05, 4.69) is 42.9 Å². The molecule has 3 aromatic rings. The summed E-state index contributed by atoms with van der Waals surface area (Å²) in [5.41, 5.74) is 5.32. The lowest BCUT2D eigenvalue weighted by molar-refractivity contribution is -0.118. The number of para-hydroxylation sites is 2. The number of carbonyl (C=O) groups is 1. The molecule has 1 amide bonds. The molecule has 8 heteroatoms. The Bertz CT molecular complexity index is 987. The van der Waals surface area contributed by atoms with Crippen molar-refractivity contribution in [2.75, 3.05) is 12.9 Å². The molecular formula is C19H19BrN4O2S. The molecule has 0 fully saturated rings. The first-order valence-corrected chi connectivity index (χ1v) is 10.1. The molecule has 27 heavy (non-hydrogen) atoms. The average Bonchev–Trinajstić information content (AvgIpc) is 3.04. The molecule has 1 aromatic heterocycles. The summed E-state index contributed by atoms with van der Waals surface area (Å²) in [7, 11) is 1.59. The number of aromatic nitrogens is 2. The van der Waals surface area contributed by atoms with Gasteiger partial charge in [0.2, 0.25) is 0 Å². The van der Waals surface area contributed by atoms with Crippen molar-refractivity contribution >= 4 is 50.8 Å². The monoisotopic (exact) mass is 446 g/mol. The summed E-state index contributed by atoms with van der Waals surface area (Å²) < 4.78 is 8.29. The van der Waals surface area contributed by atoms with Crippen LogP contribution < -0.4 is 10.2 Å². The third-order valence-corrected chi connectivity index (χ3v) is 5.32. The Balaban J connectivity index is 1.61. The van der Waals surface area contributed by atoms with E-state index < -0.39 is 0 Å². The van der Waals surface area contributed by atoms with E-state index in [4.69, 9.17) is 4.74 Å². The largest absolute Gasteiger partial charge is 0.496 e. The zero-order valence-corrected chi connectivity index (χ0v) is 17.4. The number of hydrazone groups is 1. The Morgan fingerprint density at radius 3 is 2.96 bits per heavy atom. The molecular weight excluding hydrogens is 428 g/mol. The zero-order valence-electron chi connectivity index (χ0n) is 15.0. The minimum Gasteiger partial charge on any atom is -0.496 e. The van der Waals surface area contributed by atoms with E-state index in [-0.39, 0.29) is 11.7 Å². The molecule has 0 atom stereocenters. The summed E-state index contributed by atoms with van der Waals surface area (Å²) in [5.74, 6) is 0.721. The number of hydrogen-bond acceptors (Lipinski definition) is 5. The topological polar surface area (TPSA) is 68.5 Å². The average molecular weight is 447 g/mol. The fraction of sp³-hybridized carbons (Fsp3) is 0.211. The van der Waals surface area contributed by atoms with E-state index in [1.165, 1.54) is 11.8 Å². The number of imidazole rings is 1. The number of amides is 1. The molecule has 0 radical (unpaired) electrons. The minimum atomic E-state index is -0.195. The van der Waals surface area contributed by atoms with Gasteiger partial charge in [-0.15, -0.1) is 0 Å². The van der Waals surface area contributed by atoms with Gasteiger partial charge < -0.3 is 9.30 Å². The molecule has 3 rings (SSSR count). The number of carbonyl (C=O) groups excluding carboxylic acids is 1. The number of nitrogens with zero attached hydrogens (tertiary/aromatic N) is 3. The van der Waals surface area contributed by atoms with Crippen molar-refractivity contribution in [3.8, 4) is 5.75 Å². The predicted octanol–water partition coefficient (Wildman–Crippen LogP) is 4.07. The van der Waals surface area contributed by atoms with Gasteiger partial charge in [-0.3, -0.25) is 4.79 Å². The van der Waals surface area contributed by atoms with Gasteiger partial charge in [-0.1, -0.05) is 39.8 Å². The van der Waals surface area contributed by atoms with Crippen LogP contribution in [0.1, 0.15) is 12.5 Å². The van der Waals surface area contributed by atoms with E-state index in [9.17, 15) is 4.79 Å². The van der Waals surface area contributed by atoms with Crippen LogP contribution in [0.3, 0.4) is 0 Å². The van der Waals surface area contributed by atoms with Crippen LogP contribution in [0.15, 0.2) is 57.2 Å². The molecule has 6 nitrogen and oxygen atoms in total. The summed E-state index contributed by atoms with van der Waals surface area (Å²) in [6.07, 6.45) is 1.56. The van der Waals surface area contributed by atoms with Gasteiger partial charge in [0.05, 0.1) is 30.1 Å². The van der Waals surface area contributed by atoms with Crippen molar-refractivity contribution in [2.45, 2.75) is 18.6 Å². The minimum absolute atomic E-state index is 0.195. The fourth-order valence-electron chi connectivity index (χ4n) is 2.61. The Labute approximate surface area is 170 Å². The smallest absolute Gasteiger partial charge is 0.250 e. The molecule has 140 valence electrons. The number of hydrogen-bond donors (Lipinski definition) is 1. The Morgan fingerprint density at radius 2 is 2.19 bits per heavy atom. The number of thioether (sulfide) groups is 1. The molecule has 0 unspecified atom stereocenters. The highest BCUT2D eigenvalue weighted by molar-refractivity contribution is 9.10. The van der Waals surface area contributed by atoms with Crippen LogP contribution >= 0.6 is 27.7 Å². The van der Waals surface area contributed by atoms with Gasteiger partial charge in [-0.05, 0) is 37.3 Å². The van der Waals surface area contributed by atoms with Crippen LogP contribution in [0.5, 0.6) is 5.75 Å². The van der Waals surface area contributed by atoms with Gasteiger partial charge in [0.1, 0.15) is 5.75 Å². The van der Waals surface area contributed by atoms with Crippen molar-refractivity contribution in [1.82, 2.24) is 15.0 Å². The summed E-state index contributed by atoms with van der Waals surface area (Å²) in [5, 5.41) is 4.85. The Hall–Kier alpha value is -2.32. The third kappa shape index (κ3) is 4.70. The van der Waals surface area contributed by atoms with E-state index in [1.807, 2.05) is 42.5 Å². The standard InChI is InChI=1S/C19H19BrN4O2S/c1-3-24-16-7-5-4-6-15(16)22-19(24)27-12-18(25)23-21-11-13-10-14(20)8-9-17(13)26-2/h4-11H,3,12H2,1-2H3,(H,23,25)/b21-11-. The van der Waals surface area contributed by atoms with Crippen LogP contribution in [-0.4, -0.2) is 34.5 Å². The summed E-state index contributed by atoms with van der Waals surface area (Å²) in [4.78, 5) is 16.7. The quantitative estimate of drug-likeness (QED) is 0.337. The summed E-state index contributed by atoms with van der Waals surface area (Å²) in [6.45, 7) is 2.86. The second-order valence-electron chi connectivity index (χ2n) is 5.60. The van der Waals surface area contributed by atoms with Gasteiger partial charge in [0.25, 0.3) is 5.91 Å². The Morgan fingerprint density at radius 1 is 1.37 bits per heavy atom. The molecule has 0 aliphatic heterocycles. The second kappa shape index (κ2) is 9.05. The van der Waals surface area contributed by atoms with Crippen LogP contribution in [0.2, 0.25) is 0 Å². The zero-order chi connectivity index (χ0) is 19.2. The predicted molar refractivity (Wildman–Crippen MR) is 113 cm³/mol. The number of halogens is 1. The molecule has 1 heterocycles. The van der Waals surface area contributed by atoms with Crippen molar-refractivity contribution in [2.24, 2.45) is 5.10 Å². The van der Waals surface area contributed by atoms with Gasteiger partial charge in [0, 0.05) is 16.6 Å². The normalized spacial score (nSPS) is 11.2. The lowest BCUT2D eigenvalue weighted by Gasteiger charge is -2.05. The number of methoxy groups -OCH3 is 1. The fourth-order valence-corrected chi connectivity index (χ4v) is 3.86. The van der Waals surface area contributed by atoms with Crippen molar-refractivity contribution < 1.29 is 9.53 Å².